The van der Waals surface area contributed by atoms with Gasteiger partial charge in [0.2, 0.25) is 11.6 Å². The van der Waals surface area contributed by atoms with Crippen molar-refractivity contribution >= 4 is 28.3 Å². The Kier molecular flexibility index (Phi) is 8.81. The Labute approximate surface area is 227 Å². The third-order valence-electron chi connectivity index (χ3n) is 6.68. The number of hydrogen-bond acceptors (Lipinski definition) is 8. The first kappa shape index (κ1) is 26.5. The van der Waals surface area contributed by atoms with Crippen LogP contribution in [0.2, 0.25) is 5.02 Å². The van der Waals surface area contributed by atoms with Gasteiger partial charge in [-0.25, -0.2) is 9.97 Å². The third kappa shape index (κ3) is 6.66. The molecule has 0 N–H and O–H groups in total. The van der Waals surface area contributed by atoms with E-state index in [9.17, 15) is 4.79 Å². The molecule has 1 fully saturated rings. The lowest BCUT2D eigenvalue weighted by Crippen LogP contribution is -2.17. The van der Waals surface area contributed by atoms with Gasteiger partial charge in [-0.05, 0) is 55.7 Å². The summed E-state index contributed by atoms with van der Waals surface area (Å²) in [5, 5.41) is 1.10. The maximum absolute atomic E-state index is 12.3. The van der Waals surface area contributed by atoms with Crippen molar-refractivity contribution in [3.63, 3.8) is 0 Å². The van der Waals surface area contributed by atoms with E-state index in [1.54, 1.807) is 19.2 Å². The van der Waals surface area contributed by atoms with Crippen molar-refractivity contribution in [3.8, 4) is 28.9 Å². The van der Waals surface area contributed by atoms with Crippen LogP contribution in [-0.2, 0) is 16.0 Å². The second-order valence-corrected chi connectivity index (χ2v) is 10.2. The molecule has 38 heavy (non-hydrogen) atoms. The molecular weight excluding hydrogens is 508 g/mol. The number of carbonyl (C=O) groups is 1. The molecule has 0 saturated heterocycles. The van der Waals surface area contributed by atoms with Crippen LogP contribution in [0.5, 0.6) is 28.9 Å². The van der Waals surface area contributed by atoms with Crippen LogP contribution >= 0.6 is 11.6 Å². The molecule has 1 aliphatic carbocycles. The highest BCUT2D eigenvalue weighted by Gasteiger charge is 2.26. The Morgan fingerprint density at radius 2 is 1.82 bits per heavy atom. The first-order valence-corrected chi connectivity index (χ1v) is 13.7. The van der Waals surface area contributed by atoms with Crippen molar-refractivity contribution in [2.24, 2.45) is 5.92 Å². The molecule has 1 aromatic heterocycles. The number of rotatable bonds is 14. The summed E-state index contributed by atoms with van der Waals surface area (Å²) in [7, 11) is 1.72. The summed E-state index contributed by atoms with van der Waals surface area (Å²) >= 11 is 6.51. The molecule has 202 valence electrons. The molecule has 1 aliphatic heterocycles. The number of aromatic nitrogens is 2. The maximum Gasteiger partial charge on any atom is 0.234 e. The normalized spacial score (nSPS) is 14.5. The number of benzene rings is 2. The van der Waals surface area contributed by atoms with E-state index in [1.165, 1.54) is 6.33 Å². The van der Waals surface area contributed by atoms with Crippen molar-refractivity contribution in [2.45, 2.75) is 51.4 Å². The Morgan fingerprint density at radius 3 is 2.58 bits per heavy atom. The average Bonchev–Trinajstić information content (AvgIpc) is 3.73. The minimum atomic E-state index is 0.220. The fourth-order valence-electron chi connectivity index (χ4n) is 4.53. The molecule has 0 bridgehead atoms. The van der Waals surface area contributed by atoms with Gasteiger partial charge in [0.25, 0.3) is 0 Å². The topological polar surface area (TPSA) is 89.0 Å². The highest BCUT2D eigenvalue weighted by Crippen LogP contribution is 2.48. The molecule has 2 aliphatic rings. The van der Waals surface area contributed by atoms with Gasteiger partial charge in [0, 0.05) is 37.6 Å². The van der Waals surface area contributed by atoms with Crippen molar-refractivity contribution in [2.75, 3.05) is 33.5 Å². The highest BCUT2D eigenvalue weighted by molar-refractivity contribution is 6.31. The fraction of sp³-hybridized carbons (Fsp3) is 0.483. The molecule has 8 nitrogen and oxygen atoms in total. The number of ether oxygens (including phenoxy) is 5. The van der Waals surface area contributed by atoms with Crippen LogP contribution in [0, 0.1) is 5.92 Å². The number of Topliss-reactive ketones (excluding diaryl/α,β-unsaturated/α-hetero) is 1. The third-order valence-corrected chi connectivity index (χ3v) is 7.04. The quantitative estimate of drug-likeness (QED) is 0.219. The summed E-state index contributed by atoms with van der Waals surface area (Å²) < 4.78 is 29.3. The van der Waals surface area contributed by atoms with Gasteiger partial charge in [0.1, 0.15) is 36.5 Å². The van der Waals surface area contributed by atoms with Crippen LogP contribution in [0.4, 0.5) is 0 Å². The Morgan fingerprint density at radius 1 is 1.03 bits per heavy atom. The lowest BCUT2D eigenvalue weighted by molar-refractivity contribution is -0.118. The number of halogens is 1. The summed E-state index contributed by atoms with van der Waals surface area (Å²) in [6.45, 7) is 2.17. The number of unbranched alkanes of at least 4 members (excludes halogenated alkanes) is 3. The number of carbonyl (C=O) groups excluding carboxylic acids is 1. The summed E-state index contributed by atoms with van der Waals surface area (Å²) in [4.78, 5) is 21.1. The van der Waals surface area contributed by atoms with E-state index < -0.39 is 0 Å². The largest absolute Gasteiger partial charge is 0.489 e. The lowest BCUT2D eigenvalue weighted by atomic mass is 10.0. The van der Waals surface area contributed by atoms with E-state index in [4.69, 9.17) is 35.3 Å². The van der Waals surface area contributed by atoms with Crippen LogP contribution in [0.1, 0.15) is 50.5 Å². The number of hydrogen-bond donors (Lipinski definition) is 0. The van der Waals surface area contributed by atoms with E-state index in [2.05, 4.69) is 9.97 Å². The van der Waals surface area contributed by atoms with Crippen LogP contribution in [0.15, 0.2) is 30.6 Å². The zero-order valence-corrected chi connectivity index (χ0v) is 22.4. The summed E-state index contributed by atoms with van der Waals surface area (Å²) in [6, 6.07) is 7.18. The van der Waals surface area contributed by atoms with Gasteiger partial charge in [0.05, 0.1) is 12.1 Å². The minimum Gasteiger partial charge on any atom is -0.489 e. The molecule has 0 amide bonds. The predicted molar refractivity (Wildman–Crippen MR) is 144 cm³/mol. The molecule has 2 heterocycles. The molecule has 3 aromatic rings. The van der Waals surface area contributed by atoms with Crippen molar-refractivity contribution < 1.29 is 28.5 Å². The van der Waals surface area contributed by atoms with Crippen molar-refractivity contribution in [1.29, 1.82) is 0 Å². The molecule has 0 radical (unpaired) electrons. The molecule has 5 rings (SSSR count). The van der Waals surface area contributed by atoms with Crippen molar-refractivity contribution in [1.82, 2.24) is 9.97 Å². The Bertz CT molecular complexity index is 1280. The zero-order chi connectivity index (χ0) is 26.3. The van der Waals surface area contributed by atoms with E-state index >= 15 is 0 Å². The molecule has 2 aromatic carbocycles. The number of fused-ring (bicyclic) bond motifs is 3. The van der Waals surface area contributed by atoms with Gasteiger partial charge < -0.3 is 23.7 Å². The van der Waals surface area contributed by atoms with Crippen LogP contribution < -0.4 is 18.9 Å². The second-order valence-electron chi connectivity index (χ2n) is 9.78. The first-order valence-electron chi connectivity index (χ1n) is 13.3. The van der Waals surface area contributed by atoms with E-state index in [0.29, 0.717) is 83.4 Å². The van der Waals surface area contributed by atoms with E-state index in [1.807, 2.05) is 12.1 Å². The fourth-order valence-corrected chi connectivity index (χ4v) is 4.76. The number of methoxy groups -OCH3 is 1. The summed E-state index contributed by atoms with van der Waals surface area (Å²) in [5.74, 6) is 3.25. The zero-order valence-electron chi connectivity index (χ0n) is 21.7. The van der Waals surface area contributed by atoms with E-state index in [-0.39, 0.29) is 5.78 Å². The number of nitrogens with zero attached hydrogens (tertiary/aromatic N) is 2. The van der Waals surface area contributed by atoms with Gasteiger partial charge >= 0.3 is 0 Å². The SMILES string of the molecule is COCCCCCCOc1cc2ncnc(Oc3ccc(CC(=O)CC4CC4)c(Cl)c3)c2c2c1OCCO2. The van der Waals surface area contributed by atoms with Crippen LogP contribution in [-0.4, -0.2) is 49.3 Å². The minimum absolute atomic E-state index is 0.220. The standard InChI is InChI=1S/C29H33ClN2O6/c1-34-10-4-2-3-5-11-35-25-17-24-26(28-27(25)36-12-13-37-28)29(32-18-31-24)38-22-9-8-20(23(30)16-22)15-21(33)14-19-6-7-19/h8-9,16-19H,2-7,10-15H2,1H3. The smallest absolute Gasteiger partial charge is 0.234 e. The summed E-state index contributed by atoms with van der Waals surface area (Å²) in [5.41, 5.74) is 1.43. The van der Waals surface area contributed by atoms with Gasteiger partial charge in [0.15, 0.2) is 11.5 Å². The molecular formula is C29H33ClN2O6. The Hall–Kier alpha value is -3.10. The van der Waals surface area contributed by atoms with E-state index in [0.717, 1.165) is 50.7 Å². The van der Waals surface area contributed by atoms with Gasteiger partial charge in [-0.2, -0.15) is 0 Å². The van der Waals surface area contributed by atoms with Crippen LogP contribution in [0.3, 0.4) is 0 Å². The van der Waals surface area contributed by atoms with Crippen molar-refractivity contribution in [3.05, 3.63) is 41.2 Å². The van der Waals surface area contributed by atoms with Gasteiger partial charge in [-0.1, -0.05) is 24.1 Å². The monoisotopic (exact) mass is 540 g/mol. The van der Waals surface area contributed by atoms with Gasteiger partial charge in [-0.15, -0.1) is 0 Å². The molecule has 0 atom stereocenters. The van der Waals surface area contributed by atoms with Crippen LogP contribution in [0.25, 0.3) is 10.9 Å². The molecule has 1 saturated carbocycles. The van der Waals surface area contributed by atoms with Gasteiger partial charge in [-0.3, -0.25) is 4.79 Å². The second kappa shape index (κ2) is 12.6. The summed E-state index contributed by atoms with van der Waals surface area (Å²) in [6.07, 6.45) is 8.86. The average molecular weight is 541 g/mol. The molecule has 0 spiro atoms. The lowest BCUT2D eigenvalue weighted by Gasteiger charge is -2.23. The molecule has 9 heteroatoms. The molecule has 0 unspecified atom stereocenters. The maximum atomic E-state index is 12.3. The first-order chi connectivity index (χ1) is 18.6. The predicted octanol–water partition coefficient (Wildman–Crippen LogP) is 6.34. The highest BCUT2D eigenvalue weighted by atomic mass is 35.5. The number of ketones is 1. The Balaban J connectivity index is 1.32.